The Hall–Kier alpha value is -2.29. The SMILES string of the molecule is CC1CCC(C2CCC(C(F)(F)OC3CCC(c4ccc(-c5ccc(OC(F)(F)F)c(F)c5)c(F)c4)CC3)CC2)CC1. The Morgan fingerprint density at radius 1 is 0.667 bits per heavy atom. The van der Waals surface area contributed by atoms with Crippen LogP contribution < -0.4 is 4.74 Å². The maximum Gasteiger partial charge on any atom is 0.573 e. The number of benzene rings is 2. The third-order valence-electron chi connectivity index (χ3n) is 9.91. The molecular formula is C33H39F7O2. The van der Waals surface area contributed by atoms with Gasteiger partial charge in [-0.15, -0.1) is 13.2 Å². The van der Waals surface area contributed by atoms with Gasteiger partial charge in [0.25, 0.3) is 0 Å². The number of ether oxygens (including phenoxy) is 2. The molecule has 0 amide bonds. The second kappa shape index (κ2) is 12.7. The Balaban J connectivity index is 1.12. The molecule has 0 spiro atoms. The first-order valence-electron chi connectivity index (χ1n) is 15.3. The fourth-order valence-corrected chi connectivity index (χ4v) is 7.41. The largest absolute Gasteiger partial charge is 0.573 e. The van der Waals surface area contributed by atoms with Gasteiger partial charge in [0.2, 0.25) is 0 Å². The minimum Gasteiger partial charge on any atom is -0.403 e. The maximum absolute atomic E-state index is 15.2. The molecule has 0 heterocycles. The van der Waals surface area contributed by atoms with Crippen LogP contribution in [-0.2, 0) is 4.74 Å². The fourth-order valence-electron chi connectivity index (χ4n) is 7.41. The van der Waals surface area contributed by atoms with E-state index in [1.165, 1.54) is 37.8 Å². The summed E-state index contributed by atoms with van der Waals surface area (Å²) in [6, 6.07) is 7.26. The Morgan fingerprint density at radius 3 is 1.86 bits per heavy atom. The van der Waals surface area contributed by atoms with Crippen LogP contribution in [0.4, 0.5) is 30.7 Å². The van der Waals surface area contributed by atoms with Crippen molar-refractivity contribution >= 4 is 0 Å². The van der Waals surface area contributed by atoms with Gasteiger partial charge in [0.05, 0.1) is 12.0 Å². The smallest absolute Gasteiger partial charge is 0.403 e. The molecule has 2 aromatic rings. The van der Waals surface area contributed by atoms with Gasteiger partial charge in [-0.1, -0.05) is 38.0 Å². The van der Waals surface area contributed by atoms with Crippen LogP contribution in [-0.4, -0.2) is 18.6 Å². The maximum atomic E-state index is 15.2. The predicted molar refractivity (Wildman–Crippen MR) is 146 cm³/mol. The van der Waals surface area contributed by atoms with Crippen molar-refractivity contribution in [1.29, 1.82) is 0 Å². The molecule has 3 aliphatic carbocycles. The van der Waals surface area contributed by atoms with Crippen LogP contribution in [0.25, 0.3) is 11.1 Å². The Kier molecular flexibility index (Phi) is 9.45. The molecule has 3 aliphatic rings. The molecule has 9 heteroatoms. The van der Waals surface area contributed by atoms with Gasteiger partial charge in [-0.05, 0) is 117 Å². The monoisotopic (exact) mass is 600 g/mol. The number of hydrogen-bond donors (Lipinski definition) is 0. The van der Waals surface area contributed by atoms with Crippen molar-refractivity contribution in [2.45, 2.75) is 108 Å². The van der Waals surface area contributed by atoms with Gasteiger partial charge in [-0.3, -0.25) is 0 Å². The molecule has 5 rings (SSSR count). The summed E-state index contributed by atoms with van der Waals surface area (Å²) in [5.74, 6) is -1.63. The molecular weight excluding hydrogens is 561 g/mol. The summed E-state index contributed by atoms with van der Waals surface area (Å²) < 4.78 is 106. The summed E-state index contributed by atoms with van der Waals surface area (Å²) in [5, 5.41) is 0. The third-order valence-corrected chi connectivity index (χ3v) is 9.91. The highest BCUT2D eigenvalue weighted by Gasteiger charge is 2.45. The van der Waals surface area contributed by atoms with Gasteiger partial charge in [0.1, 0.15) is 5.82 Å². The molecule has 0 saturated heterocycles. The van der Waals surface area contributed by atoms with Crippen molar-refractivity contribution in [3.63, 3.8) is 0 Å². The lowest BCUT2D eigenvalue weighted by Gasteiger charge is -2.40. The summed E-state index contributed by atoms with van der Waals surface area (Å²) in [4.78, 5) is 0. The van der Waals surface area contributed by atoms with Crippen LogP contribution in [0.2, 0.25) is 0 Å². The minimum atomic E-state index is -5.04. The molecule has 0 radical (unpaired) electrons. The standard InChI is InChI=1S/C33H39F7O2/c1-20-2-4-21(5-3-20)22-6-12-26(13-7-22)32(36,37)41-27-14-8-23(9-15-27)24-10-16-28(29(34)18-24)25-11-17-31(30(35)19-25)42-33(38,39)40/h10-11,16-23,26-27H,2-9,12-15H2,1H3. The van der Waals surface area contributed by atoms with E-state index in [1.807, 2.05) is 0 Å². The van der Waals surface area contributed by atoms with E-state index in [0.717, 1.165) is 37.0 Å². The summed E-state index contributed by atoms with van der Waals surface area (Å²) >= 11 is 0. The van der Waals surface area contributed by atoms with Crippen molar-refractivity contribution in [3.05, 3.63) is 53.6 Å². The average molecular weight is 601 g/mol. The van der Waals surface area contributed by atoms with Gasteiger partial charge in [0.15, 0.2) is 11.6 Å². The molecule has 0 unspecified atom stereocenters. The summed E-state index contributed by atoms with van der Waals surface area (Å²) in [6.45, 7) is 2.29. The zero-order chi connectivity index (χ0) is 30.1. The van der Waals surface area contributed by atoms with Gasteiger partial charge in [-0.25, -0.2) is 8.78 Å². The zero-order valence-corrected chi connectivity index (χ0v) is 23.9. The highest BCUT2D eigenvalue weighted by molar-refractivity contribution is 5.65. The van der Waals surface area contributed by atoms with Gasteiger partial charge >= 0.3 is 12.5 Å². The summed E-state index contributed by atoms with van der Waals surface area (Å²) in [7, 11) is 0. The lowest BCUT2D eigenvalue weighted by molar-refractivity contribution is -0.301. The van der Waals surface area contributed by atoms with E-state index in [1.54, 1.807) is 6.07 Å². The second-order valence-electron chi connectivity index (χ2n) is 12.7. The van der Waals surface area contributed by atoms with Crippen LogP contribution in [0.1, 0.15) is 95.5 Å². The molecule has 2 aromatic carbocycles. The molecule has 3 saturated carbocycles. The van der Waals surface area contributed by atoms with E-state index in [-0.39, 0.29) is 17.0 Å². The van der Waals surface area contributed by atoms with Gasteiger partial charge in [0, 0.05) is 5.56 Å². The molecule has 3 fully saturated rings. The van der Waals surface area contributed by atoms with Crippen LogP contribution >= 0.6 is 0 Å². The molecule has 0 bridgehead atoms. The number of hydrogen-bond acceptors (Lipinski definition) is 2. The quantitative estimate of drug-likeness (QED) is 0.294. The van der Waals surface area contributed by atoms with Crippen LogP contribution in [0, 0.1) is 35.3 Å². The lowest BCUT2D eigenvalue weighted by Crippen LogP contribution is -2.39. The van der Waals surface area contributed by atoms with E-state index in [2.05, 4.69) is 11.7 Å². The molecule has 2 nitrogen and oxygen atoms in total. The number of alkyl halides is 5. The van der Waals surface area contributed by atoms with Crippen molar-refractivity contribution < 1.29 is 40.2 Å². The van der Waals surface area contributed by atoms with Gasteiger partial charge < -0.3 is 9.47 Å². The number of rotatable bonds is 7. The lowest BCUT2D eigenvalue weighted by atomic mass is 9.69. The van der Waals surface area contributed by atoms with Gasteiger partial charge in [-0.2, -0.15) is 8.78 Å². The summed E-state index contributed by atoms with van der Waals surface area (Å²) in [6.07, 6.45) is 1.00. The molecule has 0 aliphatic heterocycles. The van der Waals surface area contributed by atoms with Crippen molar-refractivity contribution in [2.75, 3.05) is 0 Å². The summed E-state index contributed by atoms with van der Waals surface area (Å²) in [5.41, 5.74) is 0.822. The zero-order valence-electron chi connectivity index (χ0n) is 23.9. The first-order chi connectivity index (χ1) is 19.9. The Labute approximate surface area is 243 Å². The topological polar surface area (TPSA) is 18.5 Å². The average Bonchev–Trinajstić information content (AvgIpc) is 2.94. The highest BCUT2D eigenvalue weighted by Crippen LogP contribution is 2.47. The van der Waals surface area contributed by atoms with E-state index in [9.17, 15) is 17.6 Å². The first-order valence-corrected chi connectivity index (χ1v) is 15.3. The van der Waals surface area contributed by atoms with Crippen LogP contribution in [0.3, 0.4) is 0 Å². The first kappa shape index (κ1) is 31.1. The van der Waals surface area contributed by atoms with E-state index < -0.39 is 41.9 Å². The fraction of sp³-hybridized carbons (Fsp3) is 0.636. The number of halogens is 7. The predicted octanol–water partition coefficient (Wildman–Crippen LogP) is 10.8. The van der Waals surface area contributed by atoms with E-state index in [4.69, 9.17) is 4.74 Å². The molecule has 232 valence electrons. The highest BCUT2D eigenvalue weighted by atomic mass is 19.4. The van der Waals surface area contributed by atoms with Crippen molar-refractivity contribution in [1.82, 2.24) is 0 Å². The molecule has 0 N–H and O–H groups in total. The minimum absolute atomic E-state index is 0.0324. The Morgan fingerprint density at radius 2 is 1.29 bits per heavy atom. The Bertz CT molecular complexity index is 1190. The van der Waals surface area contributed by atoms with Crippen LogP contribution in [0.5, 0.6) is 5.75 Å². The van der Waals surface area contributed by atoms with E-state index >= 15 is 13.2 Å². The van der Waals surface area contributed by atoms with E-state index in [0.29, 0.717) is 55.9 Å². The normalized spacial score (nSPS) is 29.3. The molecule has 42 heavy (non-hydrogen) atoms. The third kappa shape index (κ3) is 7.61. The van der Waals surface area contributed by atoms with Crippen molar-refractivity contribution in [2.24, 2.45) is 23.7 Å². The van der Waals surface area contributed by atoms with Crippen LogP contribution in [0.15, 0.2) is 36.4 Å². The van der Waals surface area contributed by atoms with Crippen molar-refractivity contribution in [3.8, 4) is 16.9 Å². The second-order valence-corrected chi connectivity index (χ2v) is 12.7. The molecule has 0 atom stereocenters. The molecule has 0 aromatic heterocycles.